The van der Waals surface area contributed by atoms with Gasteiger partial charge >= 0.3 is 11.9 Å². The molecule has 5 atom stereocenters. The topological polar surface area (TPSA) is 191 Å². The molecule has 1 fully saturated rings. The average Bonchev–Trinajstić information content (AvgIpc) is 2.92. The zero-order chi connectivity index (χ0) is 31.1. The normalized spacial score (nSPS) is 17.4. The first-order valence-electron chi connectivity index (χ1n) is 14.5. The van der Waals surface area contributed by atoms with Crippen molar-refractivity contribution in [2.45, 2.75) is 116 Å². The molecular weight excluding hydrogens is 552 g/mol. The van der Waals surface area contributed by atoms with Crippen LogP contribution in [0.4, 0.5) is 0 Å². The van der Waals surface area contributed by atoms with Crippen molar-refractivity contribution in [1.29, 1.82) is 0 Å². The number of rotatable bonds is 18. The smallest absolute Gasteiger partial charge is 0.327 e. The van der Waals surface area contributed by atoms with Gasteiger partial charge in [0, 0.05) is 12.2 Å². The largest absolute Gasteiger partial charge is 0.481 e. The Kier molecular flexibility index (Phi) is 16.4. The van der Waals surface area contributed by atoms with E-state index in [0.29, 0.717) is 12.8 Å². The molecule has 0 aromatic heterocycles. The zero-order valence-electron chi connectivity index (χ0n) is 24.6. The van der Waals surface area contributed by atoms with Crippen LogP contribution in [0, 0.1) is 17.8 Å². The van der Waals surface area contributed by atoms with Crippen molar-refractivity contribution in [1.82, 2.24) is 21.3 Å². The molecule has 0 bridgehead atoms. The molecule has 6 N–H and O–H groups in total. The van der Waals surface area contributed by atoms with Crippen LogP contribution in [0.15, 0.2) is 0 Å². The van der Waals surface area contributed by atoms with E-state index < -0.39 is 59.7 Å². The van der Waals surface area contributed by atoms with Crippen molar-refractivity contribution in [2.75, 3.05) is 5.75 Å². The number of nitrogens with one attached hydrogen (secondary N) is 4. The van der Waals surface area contributed by atoms with Gasteiger partial charge in [-0.05, 0) is 30.6 Å². The molecule has 0 heterocycles. The fraction of sp³-hybridized carbons (Fsp3) is 0.786. The number of aliphatic carboxylic acids is 2. The maximum Gasteiger partial charge on any atom is 0.327 e. The standard InChI is InChI=1S/C28H48N4O8S/c1-5-17(4)24(32-26(37)19(13-16(2)3)29-22(33)11-12-23(34)35)27(38)30-20(14-18-9-7-6-8-10-18)25(36)31-21(15-41)28(39)40/h16-21,24,41H,5-15H2,1-4H3,(H,29,33)(H,30,38)(H,31,36)(H,32,37)(H,34,35)(H,39,40)/t17?,19-,20-,21-,24-/m0/s1. The molecule has 1 aliphatic rings. The first kappa shape index (κ1) is 36.2. The summed E-state index contributed by atoms with van der Waals surface area (Å²) in [5.41, 5.74) is 0. The minimum absolute atomic E-state index is 0.0129. The monoisotopic (exact) mass is 600 g/mol. The van der Waals surface area contributed by atoms with Gasteiger partial charge in [-0.25, -0.2) is 4.79 Å². The number of amides is 4. The Morgan fingerprint density at radius 2 is 1.37 bits per heavy atom. The van der Waals surface area contributed by atoms with Crippen LogP contribution >= 0.6 is 12.6 Å². The third kappa shape index (κ3) is 13.6. The lowest BCUT2D eigenvalue weighted by Gasteiger charge is -2.31. The van der Waals surface area contributed by atoms with E-state index in [4.69, 9.17) is 5.11 Å². The lowest BCUT2D eigenvalue weighted by molar-refractivity contribution is -0.142. The molecule has 1 saturated carbocycles. The number of carboxylic acid groups (broad SMARTS) is 2. The van der Waals surface area contributed by atoms with Gasteiger partial charge in [0.15, 0.2) is 0 Å². The van der Waals surface area contributed by atoms with E-state index in [-0.39, 0.29) is 42.8 Å². The fourth-order valence-corrected chi connectivity index (χ4v) is 5.10. The molecule has 0 spiro atoms. The summed E-state index contributed by atoms with van der Waals surface area (Å²) < 4.78 is 0. The summed E-state index contributed by atoms with van der Waals surface area (Å²) in [6, 6.07) is -4.23. The molecule has 12 nitrogen and oxygen atoms in total. The Morgan fingerprint density at radius 3 is 1.88 bits per heavy atom. The first-order chi connectivity index (χ1) is 19.3. The molecular formula is C28H48N4O8S. The van der Waals surface area contributed by atoms with E-state index >= 15 is 0 Å². The Hall–Kier alpha value is -2.83. The Labute approximate surface area is 247 Å². The van der Waals surface area contributed by atoms with E-state index in [1.54, 1.807) is 6.92 Å². The molecule has 0 aliphatic heterocycles. The second-order valence-electron chi connectivity index (χ2n) is 11.4. The zero-order valence-corrected chi connectivity index (χ0v) is 25.5. The van der Waals surface area contributed by atoms with Gasteiger partial charge in [-0.15, -0.1) is 0 Å². The summed E-state index contributed by atoms with van der Waals surface area (Å²) in [6.07, 6.45) is 5.42. The van der Waals surface area contributed by atoms with Crippen LogP contribution in [0.1, 0.15) is 91.9 Å². The van der Waals surface area contributed by atoms with E-state index in [9.17, 15) is 33.9 Å². The molecule has 1 rings (SSSR count). The van der Waals surface area contributed by atoms with Gasteiger partial charge in [-0.1, -0.05) is 66.2 Å². The number of carbonyl (C=O) groups excluding carboxylic acids is 4. The molecule has 13 heteroatoms. The van der Waals surface area contributed by atoms with Gasteiger partial charge in [0.25, 0.3) is 0 Å². The van der Waals surface area contributed by atoms with E-state index in [1.165, 1.54) is 0 Å². The Morgan fingerprint density at radius 1 is 0.780 bits per heavy atom. The van der Waals surface area contributed by atoms with Gasteiger partial charge in [-0.2, -0.15) is 12.6 Å². The molecule has 0 aromatic rings. The van der Waals surface area contributed by atoms with Crippen LogP contribution in [0.5, 0.6) is 0 Å². The summed E-state index contributed by atoms with van der Waals surface area (Å²) in [6.45, 7) is 7.37. The Bertz CT molecular complexity index is 910. The van der Waals surface area contributed by atoms with Crippen molar-refractivity contribution >= 4 is 48.2 Å². The van der Waals surface area contributed by atoms with E-state index in [2.05, 4.69) is 33.9 Å². The molecule has 4 amide bonds. The van der Waals surface area contributed by atoms with Crippen molar-refractivity contribution in [3.8, 4) is 0 Å². The average molecular weight is 601 g/mol. The van der Waals surface area contributed by atoms with Crippen molar-refractivity contribution in [2.24, 2.45) is 17.8 Å². The minimum atomic E-state index is -1.23. The molecule has 41 heavy (non-hydrogen) atoms. The lowest BCUT2D eigenvalue weighted by Crippen LogP contribution is -2.59. The van der Waals surface area contributed by atoms with Crippen LogP contribution < -0.4 is 21.3 Å². The maximum absolute atomic E-state index is 13.6. The first-order valence-corrected chi connectivity index (χ1v) is 15.2. The predicted octanol–water partition coefficient (Wildman–Crippen LogP) is 1.87. The maximum atomic E-state index is 13.6. The number of hydrogen-bond donors (Lipinski definition) is 7. The second kappa shape index (κ2) is 18.6. The Balaban J connectivity index is 3.12. The van der Waals surface area contributed by atoms with Gasteiger partial charge in [-0.3, -0.25) is 24.0 Å². The molecule has 1 aliphatic carbocycles. The summed E-state index contributed by atoms with van der Waals surface area (Å²) in [5.74, 6) is -4.99. The van der Waals surface area contributed by atoms with E-state index in [1.807, 2.05) is 20.8 Å². The third-order valence-electron chi connectivity index (χ3n) is 7.44. The van der Waals surface area contributed by atoms with Gasteiger partial charge in [0.05, 0.1) is 6.42 Å². The molecule has 1 unspecified atom stereocenters. The number of carbonyl (C=O) groups is 6. The molecule has 0 saturated heterocycles. The highest BCUT2D eigenvalue weighted by atomic mass is 32.1. The van der Waals surface area contributed by atoms with Gasteiger partial charge in [0.2, 0.25) is 23.6 Å². The number of thiol groups is 1. The molecule has 0 aromatic carbocycles. The summed E-state index contributed by atoms with van der Waals surface area (Å²) in [4.78, 5) is 74.7. The highest BCUT2D eigenvalue weighted by Gasteiger charge is 2.34. The molecule has 0 radical (unpaired) electrons. The van der Waals surface area contributed by atoms with Gasteiger partial charge < -0.3 is 31.5 Å². The minimum Gasteiger partial charge on any atom is -0.481 e. The van der Waals surface area contributed by atoms with Crippen LogP contribution in [0.3, 0.4) is 0 Å². The van der Waals surface area contributed by atoms with Gasteiger partial charge in [0.1, 0.15) is 24.2 Å². The summed E-state index contributed by atoms with van der Waals surface area (Å²) in [5, 5.41) is 28.8. The number of hydrogen-bond acceptors (Lipinski definition) is 7. The predicted molar refractivity (Wildman–Crippen MR) is 156 cm³/mol. The molecule has 234 valence electrons. The van der Waals surface area contributed by atoms with Crippen LogP contribution in [-0.2, 0) is 28.8 Å². The number of carboxylic acids is 2. The van der Waals surface area contributed by atoms with Crippen molar-refractivity contribution in [3.05, 3.63) is 0 Å². The van der Waals surface area contributed by atoms with Crippen LogP contribution in [0.2, 0.25) is 0 Å². The third-order valence-corrected chi connectivity index (χ3v) is 7.81. The summed E-state index contributed by atoms with van der Waals surface area (Å²) >= 11 is 4.01. The highest BCUT2D eigenvalue weighted by molar-refractivity contribution is 7.80. The SMILES string of the molecule is CCC(C)[C@H](NC(=O)[C@H](CC(C)C)NC(=O)CCC(=O)O)C(=O)N[C@@H](CC1CCCCC1)C(=O)N[C@@H](CS)C(=O)O. The van der Waals surface area contributed by atoms with Crippen LogP contribution in [-0.4, -0.2) is 75.7 Å². The highest BCUT2D eigenvalue weighted by Crippen LogP contribution is 2.27. The van der Waals surface area contributed by atoms with Crippen molar-refractivity contribution < 1.29 is 39.0 Å². The quantitative estimate of drug-likeness (QED) is 0.116. The summed E-state index contributed by atoms with van der Waals surface area (Å²) in [7, 11) is 0. The fourth-order valence-electron chi connectivity index (χ4n) is 4.85. The second-order valence-corrected chi connectivity index (χ2v) is 11.8. The van der Waals surface area contributed by atoms with Crippen LogP contribution in [0.25, 0.3) is 0 Å². The lowest BCUT2D eigenvalue weighted by atomic mass is 9.84. The van der Waals surface area contributed by atoms with E-state index in [0.717, 1.165) is 32.1 Å². The van der Waals surface area contributed by atoms with Crippen molar-refractivity contribution in [3.63, 3.8) is 0 Å².